The number of fused-ring (bicyclic) bond motifs is 1. The van der Waals surface area contributed by atoms with Crippen LogP contribution in [-0.2, 0) is 4.79 Å². The van der Waals surface area contributed by atoms with Crippen molar-refractivity contribution in [2.24, 2.45) is 0 Å². The summed E-state index contributed by atoms with van der Waals surface area (Å²) in [6.45, 7) is 4.95. The number of amides is 1. The molecule has 1 unspecified atom stereocenters. The Kier molecular flexibility index (Phi) is 4.70. The largest absolute Gasteiger partial charge is 0.324 e. The summed E-state index contributed by atoms with van der Waals surface area (Å²) in [7, 11) is 0. The number of hydrogen-bond acceptors (Lipinski definition) is 3. The maximum absolute atomic E-state index is 11.9. The van der Waals surface area contributed by atoms with Crippen molar-refractivity contribution >= 4 is 39.3 Å². The van der Waals surface area contributed by atoms with Crippen LogP contribution in [0.2, 0.25) is 0 Å². The first kappa shape index (κ1) is 13.9. The number of rotatable bonds is 5. The first-order chi connectivity index (χ1) is 8.67. The van der Waals surface area contributed by atoms with Crippen molar-refractivity contribution in [1.29, 1.82) is 0 Å². The normalized spacial score (nSPS) is 17.7. The lowest BCUT2D eigenvalue weighted by Gasteiger charge is -2.11. The van der Waals surface area contributed by atoms with Crippen LogP contribution in [0.4, 0.5) is 5.69 Å². The fourth-order valence-corrected chi connectivity index (χ4v) is 3.52. The van der Waals surface area contributed by atoms with Crippen molar-refractivity contribution in [2.45, 2.75) is 31.2 Å². The van der Waals surface area contributed by atoms with E-state index in [1.165, 1.54) is 4.90 Å². The minimum Gasteiger partial charge on any atom is -0.324 e. The predicted octanol–water partition coefficient (Wildman–Crippen LogP) is 3.55. The summed E-state index contributed by atoms with van der Waals surface area (Å²) >= 11 is 5.40. The van der Waals surface area contributed by atoms with Crippen molar-refractivity contribution in [1.82, 2.24) is 5.32 Å². The molecule has 3 nitrogen and oxygen atoms in total. The average Bonchev–Trinajstić information content (AvgIpc) is 2.64. The molecule has 2 rings (SSSR count). The Morgan fingerprint density at radius 1 is 1.44 bits per heavy atom. The molecule has 98 valence electrons. The highest BCUT2D eigenvalue weighted by molar-refractivity contribution is 9.10. The summed E-state index contributed by atoms with van der Waals surface area (Å²) in [6.07, 6.45) is 1.14. The number of nitrogens with one attached hydrogen (secondary N) is 2. The van der Waals surface area contributed by atoms with Gasteiger partial charge >= 0.3 is 0 Å². The molecule has 5 heteroatoms. The predicted molar refractivity (Wildman–Crippen MR) is 80.2 cm³/mol. The highest BCUT2D eigenvalue weighted by Crippen LogP contribution is 2.39. The molecule has 1 aromatic rings. The van der Waals surface area contributed by atoms with Gasteiger partial charge in [-0.2, -0.15) is 0 Å². The third-order valence-electron chi connectivity index (χ3n) is 2.81. The van der Waals surface area contributed by atoms with Gasteiger partial charge in [0, 0.05) is 20.6 Å². The molecule has 1 atom stereocenters. The topological polar surface area (TPSA) is 41.1 Å². The van der Waals surface area contributed by atoms with E-state index in [0.29, 0.717) is 0 Å². The van der Waals surface area contributed by atoms with E-state index in [0.717, 1.165) is 34.4 Å². The summed E-state index contributed by atoms with van der Waals surface area (Å²) in [6, 6.07) is 3.90. The zero-order valence-corrected chi connectivity index (χ0v) is 13.0. The summed E-state index contributed by atoms with van der Waals surface area (Å²) in [5.74, 6) is 1.12. The van der Waals surface area contributed by atoms with E-state index in [1.807, 2.05) is 18.7 Å². The number of carbonyl (C=O) groups is 1. The SMILES string of the molecule is CCCSc1cc2c(cc1Br)C(NCC)C(=O)N2. The molecule has 1 aliphatic rings. The Bertz CT molecular complexity index is 465. The van der Waals surface area contributed by atoms with Crippen molar-refractivity contribution in [3.63, 3.8) is 0 Å². The van der Waals surface area contributed by atoms with E-state index in [1.54, 1.807) is 0 Å². The number of likely N-dealkylation sites (N-methyl/N-ethyl adjacent to an activating group) is 1. The molecule has 0 spiro atoms. The Labute approximate surface area is 120 Å². The van der Waals surface area contributed by atoms with Crippen LogP contribution >= 0.6 is 27.7 Å². The van der Waals surface area contributed by atoms with Gasteiger partial charge in [0.15, 0.2) is 0 Å². The van der Waals surface area contributed by atoms with E-state index in [4.69, 9.17) is 0 Å². The molecule has 18 heavy (non-hydrogen) atoms. The first-order valence-electron chi connectivity index (χ1n) is 6.17. The highest BCUT2D eigenvalue weighted by Gasteiger charge is 2.30. The quantitative estimate of drug-likeness (QED) is 0.812. The molecule has 0 radical (unpaired) electrons. The van der Waals surface area contributed by atoms with Crippen LogP contribution in [0.3, 0.4) is 0 Å². The highest BCUT2D eigenvalue weighted by atomic mass is 79.9. The molecular weight excluding hydrogens is 312 g/mol. The Morgan fingerprint density at radius 2 is 2.22 bits per heavy atom. The minimum absolute atomic E-state index is 0.0383. The van der Waals surface area contributed by atoms with Crippen LogP contribution in [0.15, 0.2) is 21.5 Å². The fourth-order valence-electron chi connectivity index (χ4n) is 1.99. The van der Waals surface area contributed by atoms with Crippen LogP contribution in [0.1, 0.15) is 31.9 Å². The van der Waals surface area contributed by atoms with E-state index in [9.17, 15) is 4.79 Å². The van der Waals surface area contributed by atoms with Gasteiger partial charge in [0.25, 0.3) is 0 Å². The molecule has 0 saturated heterocycles. The van der Waals surface area contributed by atoms with Crippen LogP contribution < -0.4 is 10.6 Å². The van der Waals surface area contributed by atoms with Crippen molar-refractivity contribution in [3.8, 4) is 0 Å². The van der Waals surface area contributed by atoms with Crippen LogP contribution in [0, 0.1) is 0 Å². The second kappa shape index (κ2) is 6.08. The van der Waals surface area contributed by atoms with Crippen molar-refractivity contribution in [3.05, 3.63) is 22.2 Å². The van der Waals surface area contributed by atoms with Gasteiger partial charge in [0.05, 0.1) is 0 Å². The Hall–Kier alpha value is -0.520. The zero-order chi connectivity index (χ0) is 13.1. The lowest BCUT2D eigenvalue weighted by atomic mass is 10.1. The summed E-state index contributed by atoms with van der Waals surface area (Å²) in [5, 5.41) is 6.14. The molecule has 1 amide bonds. The standard InChI is InChI=1S/C13H17BrN2OS/c1-3-5-18-11-7-10-8(6-9(11)14)12(15-4-2)13(17)16-10/h6-7,12,15H,3-5H2,1-2H3,(H,16,17). The van der Waals surface area contributed by atoms with E-state index < -0.39 is 0 Å². The lowest BCUT2D eigenvalue weighted by molar-refractivity contribution is -0.117. The number of hydrogen-bond donors (Lipinski definition) is 2. The monoisotopic (exact) mass is 328 g/mol. The van der Waals surface area contributed by atoms with Gasteiger partial charge in [-0.15, -0.1) is 11.8 Å². The second-order valence-corrected chi connectivity index (χ2v) is 6.19. The second-order valence-electron chi connectivity index (χ2n) is 4.20. The molecule has 1 heterocycles. The van der Waals surface area contributed by atoms with Gasteiger partial charge in [0.2, 0.25) is 5.91 Å². The number of thioether (sulfide) groups is 1. The van der Waals surface area contributed by atoms with Gasteiger partial charge in [0.1, 0.15) is 6.04 Å². The van der Waals surface area contributed by atoms with Gasteiger partial charge in [-0.1, -0.05) is 13.8 Å². The Balaban J connectivity index is 2.29. The number of benzene rings is 1. The van der Waals surface area contributed by atoms with Crippen LogP contribution in [-0.4, -0.2) is 18.2 Å². The average molecular weight is 329 g/mol. The van der Waals surface area contributed by atoms with Crippen LogP contribution in [0.25, 0.3) is 0 Å². The first-order valence-corrected chi connectivity index (χ1v) is 7.95. The molecule has 2 N–H and O–H groups in total. The number of anilines is 1. The van der Waals surface area contributed by atoms with Gasteiger partial charge < -0.3 is 10.6 Å². The third kappa shape index (κ3) is 2.73. The van der Waals surface area contributed by atoms with Crippen molar-refractivity contribution in [2.75, 3.05) is 17.6 Å². The fraction of sp³-hybridized carbons (Fsp3) is 0.462. The van der Waals surface area contributed by atoms with E-state index in [2.05, 4.69) is 45.6 Å². The molecule has 0 saturated carbocycles. The number of carbonyl (C=O) groups excluding carboxylic acids is 1. The number of halogens is 1. The van der Waals surface area contributed by atoms with Gasteiger partial charge in [-0.25, -0.2) is 0 Å². The summed E-state index contributed by atoms with van der Waals surface area (Å²) < 4.78 is 1.07. The van der Waals surface area contributed by atoms with E-state index in [-0.39, 0.29) is 11.9 Å². The molecule has 0 bridgehead atoms. The minimum atomic E-state index is -0.216. The zero-order valence-electron chi connectivity index (χ0n) is 10.5. The summed E-state index contributed by atoms with van der Waals surface area (Å²) in [4.78, 5) is 13.1. The molecule has 0 aliphatic carbocycles. The summed E-state index contributed by atoms with van der Waals surface area (Å²) in [5.41, 5.74) is 1.97. The lowest BCUT2D eigenvalue weighted by Crippen LogP contribution is -2.27. The van der Waals surface area contributed by atoms with Crippen LogP contribution in [0.5, 0.6) is 0 Å². The van der Waals surface area contributed by atoms with E-state index >= 15 is 0 Å². The van der Waals surface area contributed by atoms with Gasteiger partial charge in [-0.3, -0.25) is 4.79 Å². The third-order valence-corrected chi connectivity index (χ3v) is 4.98. The molecule has 1 aliphatic heterocycles. The van der Waals surface area contributed by atoms with Gasteiger partial charge in [-0.05, 0) is 46.8 Å². The smallest absolute Gasteiger partial charge is 0.246 e. The maximum atomic E-state index is 11.9. The molecule has 0 aromatic heterocycles. The molecule has 1 aromatic carbocycles. The molecular formula is C13H17BrN2OS. The van der Waals surface area contributed by atoms with Crippen molar-refractivity contribution < 1.29 is 4.79 Å². The Morgan fingerprint density at radius 3 is 2.89 bits per heavy atom. The molecule has 0 fully saturated rings. The maximum Gasteiger partial charge on any atom is 0.246 e.